The molecule has 0 spiro atoms. The normalized spacial score (nSPS) is 14.8. The zero-order chi connectivity index (χ0) is 22.2. The van der Waals surface area contributed by atoms with Crippen LogP contribution in [0.15, 0.2) is 65.6 Å². The van der Waals surface area contributed by atoms with Crippen molar-refractivity contribution in [2.24, 2.45) is 0 Å². The van der Waals surface area contributed by atoms with Crippen molar-refractivity contribution in [3.05, 3.63) is 76.7 Å². The first-order chi connectivity index (χ1) is 15.5. The van der Waals surface area contributed by atoms with E-state index in [2.05, 4.69) is 15.2 Å². The van der Waals surface area contributed by atoms with Crippen LogP contribution in [0.5, 0.6) is 0 Å². The minimum Gasteiger partial charge on any atom is -0.336 e. The number of benzene rings is 2. The number of fused-ring (bicyclic) bond motifs is 1. The number of pyridine rings is 1. The van der Waals surface area contributed by atoms with Crippen molar-refractivity contribution < 1.29 is 9.28 Å². The maximum atomic E-state index is 14.5. The van der Waals surface area contributed by atoms with E-state index in [4.69, 9.17) is 0 Å². The van der Waals surface area contributed by atoms with Gasteiger partial charge >= 0.3 is 0 Å². The van der Waals surface area contributed by atoms with Crippen molar-refractivity contribution in [3.63, 3.8) is 0 Å². The molecular formula is C23H21FN6O2. The summed E-state index contributed by atoms with van der Waals surface area (Å²) in [5, 5.41) is 8.73. The molecule has 2 aromatic heterocycles. The van der Waals surface area contributed by atoms with Gasteiger partial charge in [-0.05, 0) is 43.4 Å². The van der Waals surface area contributed by atoms with E-state index in [1.807, 2.05) is 11.9 Å². The molecule has 5 rings (SSSR count). The van der Waals surface area contributed by atoms with Crippen LogP contribution >= 0.6 is 0 Å². The number of nitrogens with zero attached hydrogens (tertiary/aromatic N) is 6. The second-order valence-electron chi connectivity index (χ2n) is 7.89. The molecule has 1 aliphatic rings. The summed E-state index contributed by atoms with van der Waals surface area (Å²) in [5.74, 6) is 0.00332. The third-order valence-electron chi connectivity index (χ3n) is 5.80. The van der Waals surface area contributed by atoms with E-state index in [1.54, 1.807) is 60.8 Å². The molecule has 0 saturated carbocycles. The fourth-order valence-corrected chi connectivity index (χ4v) is 3.87. The summed E-state index contributed by atoms with van der Waals surface area (Å²) in [6.07, 6.45) is 1.57. The molecule has 1 fully saturated rings. The molecule has 0 atom stereocenters. The SMILES string of the molecule is CN1CCN(C(=O)c2ccc(-n3cc(-c4cc5ccccc5n(F)c4=O)nn3)cc2)CC1. The highest BCUT2D eigenvalue weighted by molar-refractivity contribution is 5.94. The van der Waals surface area contributed by atoms with Crippen LogP contribution in [0.2, 0.25) is 0 Å². The van der Waals surface area contributed by atoms with Crippen molar-refractivity contribution >= 4 is 16.8 Å². The summed E-state index contributed by atoms with van der Waals surface area (Å²) in [4.78, 5) is 29.4. The van der Waals surface area contributed by atoms with Crippen LogP contribution in [-0.4, -0.2) is 68.7 Å². The Morgan fingerprint density at radius 3 is 2.47 bits per heavy atom. The zero-order valence-electron chi connectivity index (χ0n) is 17.5. The largest absolute Gasteiger partial charge is 0.336 e. The number of para-hydroxylation sites is 1. The first-order valence-electron chi connectivity index (χ1n) is 10.3. The van der Waals surface area contributed by atoms with Gasteiger partial charge in [-0.15, -0.1) is 9.89 Å². The molecule has 9 heteroatoms. The minimum atomic E-state index is -0.788. The molecule has 2 aromatic carbocycles. The number of halogens is 1. The summed E-state index contributed by atoms with van der Waals surface area (Å²) < 4.78 is 16.0. The van der Waals surface area contributed by atoms with Crippen LogP contribution in [0, 0.1) is 0 Å². The molecule has 32 heavy (non-hydrogen) atoms. The van der Waals surface area contributed by atoms with Gasteiger partial charge in [0.2, 0.25) is 0 Å². The van der Waals surface area contributed by atoms with Gasteiger partial charge in [0, 0.05) is 37.1 Å². The molecule has 0 unspecified atom stereocenters. The average Bonchev–Trinajstić information content (AvgIpc) is 3.32. The molecule has 8 nitrogen and oxygen atoms in total. The molecule has 1 amide bonds. The molecule has 0 bridgehead atoms. The third-order valence-corrected chi connectivity index (χ3v) is 5.80. The molecule has 1 aliphatic heterocycles. The van der Waals surface area contributed by atoms with Crippen molar-refractivity contribution in [2.45, 2.75) is 0 Å². The average molecular weight is 432 g/mol. The second kappa shape index (κ2) is 8.01. The lowest BCUT2D eigenvalue weighted by molar-refractivity contribution is 0.0664. The number of aromatic nitrogens is 4. The van der Waals surface area contributed by atoms with Crippen LogP contribution in [0.3, 0.4) is 0 Å². The lowest BCUT2D eigenvalue weighted by Gasteiger charge is -2.32. The van der Waals surface area contributed by atoms with E-state index in [-0.39, 0.29) is 27.5 Å². The topological polar surface area (TPSA) is 76.3 Å². The van der Waals surface area contributed by atoms with Gasteiger partial charge in [0.25, 0.3) is 11.5 Å². The number of hydrogen-bond donors (Lipinski definition) is 0. The molecular weight excluding hydrogens is 411 g/mol. The Balaban J connectivity index is 1.41. The van der Waals surface area contributed by atoms with E-state index in [1.165, 1.54) is 4.68 Å². The van der Waals surface area contributed by atoms with Crippen LogP contribution in [0.1, 0.15) is 10.4 Å². The number of piperazine rings is 1. The van der Waals surface area contributed by atoms with E-state index >= 15 is 0 Å². The van der Waals surface area contributed by atoms with Gasteiger partial charge in [-0.25, -0.2) is 4.68 Å². The smallest absolute Gasteiger partial charge is 0.288 e. The van der Waals surface area contributed by atoms with Crippen LogP contribution in [-0.2, 0) is 0 Å². The van der Waals surface area contributed by atoms with Crippen LogP contribution < -0.4 is 5.56 Å². The van der Waals surface area contributed by atoms with Crippen molar-refractivity contribution in [1.29, 1.82) is 0 Å². The summed E-state index contributed by atoms with van der Waals surface area (Å²) in [6.45, 7) is 3.14. The van der Waals surface area contributed by atoms with Gasteiger partial charge in [-0.1, -0.05) is 27.9 Å². The van der Waals surface area contributed by atoms with Gasteiger partial charge < -0.3 is 9.80 Å². The Kier molecular flexibility index (Phi) is 5.02. The fraction of sp³-hybridized carbons (Fsp3) is 0.217. The molecule has 3 heterocycles. The van der Waals surface area contributed by atoms with Crippen molar-refractivity contribution in [1.82, 2.24) is 29.6 Å². The van der Waals surface area contributed by atoms with Crippen LogP contribution in [0.25, 0.3) is 27.8 Å². The van der Waals surface area contributed by atoms with E-state index < -0.39 is 5.56 Å². The number of amides is 1. The zero-order valence-corrected chi connectivity index (χ0v) is 17.5. The predicted molar refractivity (Wildman–Crippen MR) is 118 cm³/mol. The Morgan fingerprint density at radius 2 is 1.72 bits per heavy atom. The van der Waals surface area contributed by atoms with Gasteiger partial charge in [0.1, 0.15) is 5.69 Å². The maximum Gasteiger partial charge on any atom is 0.288 e. The lowest BCUT2D eigenvalue weighted by Crippen LogP contribution is -2.47. The van der Waals surface area contributed by atoms with E-state index in [0.717, 1.165) is 13.1 Å². The third kappa shape index (κ3) is 3.56. The lowest BCUT2D eigenvalue weighted by atomic mass is 10.1. The molecule has 0 N–H and O–H groups in total. The number of hydrogen-bond acceptors (Lipinski definition) is 5. The van der Waals surface area contributed by atoms with Crippen molar-refractivity contribution in [3.8, 4) is 16.9 Å². The van der Waals surface area contributed by atoms with Gasteiger partial charge in [0.15, 0.2) is 0 Å². The highest BCUT2D eigenvalue weighted by atomic mass is 19.2. The Bertz CT molecular complexity index is 1350. The maximum absolute atomic E-state index is 14.5. The number of carbonyl (C=O) groups excluding carboxylic acids is 1. The highest BCUT2D eigenvalue weighted by Gasteiger charge is 2.20. The Morgan fingerprint density at radius 1 is 1.00 bits per heavy atom. The Labute approximate surface area is 183 Å². The number of rotatable bonds is 3. The molecule has 162 valence electrons. The standard InChI is InChI=1S/C23H21FN6O2/c1-27-10-12-28(13-11-27)22(31)16-6-8-18(9-7-16)29-15-20(25-26-29)19-14-17-4-2-3-5-21(17)30(24)23(19)32/h2-9,14-15H,10-13H2,1H3. The molecule has 1 saturated heterocycles. The fourth-order valence-electron chi connectivity index (χ4n) is 3.87. The first kappa shape index (κ1) is 20.1. The molecule has 0 aliphatic carbocycles. The quantitative estimate of drug-likeness (QED) is 0.497. The summed E-state index contributed by atoms with van der Waals surface area (Å²) in [7, 11) is 2.05. The van der Waals surface area contributed by atoms with E-state index in [9.17, 15) is 14.1 Å². The van der Waals surface area contributed by atoms with Crippen molar-refractivity contribution in [2.75, 3.05) is 33.2 Å². The summed E-state index contributed by atoms with van der Waals surface area (Å²) >= 11 is 0. The monoisotopic (exact) mass is 432 g/mol. The molecule has 4 aromatic rings. The molecule has 0 radical (unpaired) electrons. The van der Waals surface area contributed by atoms with Gasteiger partial charge in [-0.3, -0.25) is 9.59 Å². The van der Waals surface area contributed by atoms with Gasteiger partial charge in [0.05, 0.1) is 23.0 Å². The minimum absolute atomic E-state index is 0.00332. The number of likely N-dealkylation sites (N-methyl/N-ethyl adjacent to an activating group) is 1. The van der Waals surface area contributed by atoms with Crippen LogP contribution in [0.4, 0.5) is 4.48 Å². The second-order valence-corrected chi connectivity index (χ2v) is 7.89. The summed E-state index contributed by atoms with van der Waals surface area (Å²) in [6, 6.07) is 15.4. The Hall–Kier alpha value is -3.85. The first-order valence-corrected chi connectivity index (χ1v) is 10.3. The highest BCUT2D eigenvalue weighted by Crippen LogP contribution is 2.21. The predicted octanol–water partition coefficient (Wildman–Crippen LogP) is 2.37. The van der Waals surface area contributed by atoms with Gasteiger partial charge in [-0.2, -0.15) is 0 Å². The summed E-state index contributed by atoms with van der Waals surface area (Å²) in [5.41, 5.74) is 1.09. The number of carbonyl (C=O) groups is 1. The van der Waals surface area contributed by atoms with E-state index in [0.29, 0.717) is 29.7 Å².